The number of aromatic carboxylic acids is 1. The van der Waals surface area contributed by atoms with Crippen molar-refractivity contribution in [2.45, 2.75) is 26.2 Å². The van der Waals surface area contributed by atoms with Crippen molar-refractivity contribution in [2.24, 2.45) is 0 Å². The minimum absolute atomic E-state index is 0.0445. The summed E-state index contributed by atoms with van der Waals surface area (Å²) in [6.45, 7) is 4.38. The molecule has 5 rings (SSSR count). The summed E-state index contributed by atoms with van der Waals surface area (Å²) in [5.74, 6) is 0.679. The lowest BCUT2D eigenvalue weighted by Gasteiger charge is -2.41. The van der Waals surface area contributed by atoms with E-state index >= 15 is 0 Å². The first-order valence-electron chi connectivity index (χ1n) is 11.6. The highest BCUT2D eigenvalue weighted by Gasteiger charge is 2.31. The number of benzene rings is 2. The average Bonchev–Trinajstić information content (AvgIpc) is 3.35. The number of pyridine rings is 1. The number of anilines is 1. The second kappa shape index (κ2) is 9.93. The fourth-order valence-corrected chi connectivity index (χ4v) is 4.22. The molecule has 35 heavy (non-hydrogen) atoms. The first-order valence-corrected chi connectivity index (χ1v) is 11.6. The molecule has 4 aromatic rings. The van der Waals surface area contributed by atoms with Crippen LogP contribution in [0.15, 0.2) is 85.5 Å². The van der Waals surface area contributed by atoms with Crippen LogP contribution < -0.4 is 14.4 Å². The molecule has 0 radical (unpaired) electrons. The van der Waals surface area contributed by atoms with Crippen LogP contribution in [-0.2, 0) is 13.2 Å². The van der Waals surface area contributed by atoms with E-state index in [1.807, 2.05) is 72.4 Å². The van der Waals surface area contributed by atoms with E-state index in [0.29, 0.717) is 31.8 Å². The van der Waals surface area contributed by atoms with Crippen LogP contribution in [0.25, 0.3) is 0 Å². The minimum Gasteiger partial charge on any atom is -0.487 e. The number of aryl methyl sites for hydroxylation is 1. The molecule has 7 heteroatoms. The fraction of sp³-hybridized carbons (Fsp3) is 0.214. The molecule has 0 atom stereocenters. The van der Waals surface area contributed by atoms with Gasteiger partial charge in [0.05, 0.1) is 24.8 Å². The SMILES string of the molecule is Cc1ccncc1OCc1ccc(OC2CN(c3cccc(C(=O)O)c3Cn3cccc3)C2)cc1. The number of hydrogen-bond acceptors (Lipinski definition) is 5. The highest BCUT2D eigenvalue weighted by atomic mass is 16.5. The molecule has 0 bridgehead atoms. The summed E-state index contributed by atoms with van der Waals surface area (Å²) in [6, 6.07) is 19.2. The summed E-state index contributed by atoms with van der Waals surface area (Å²) in [5, 5.41) is 9.71. The Morgan fingerprint density at radius 3 is 2.54 bits per heavy atom. The van der Waals surface area contributed by atoms with E-state index in [0.717, 1.165) is 33.9 Å². The number of hydrogen-bond donors (Lipinski definition) is 1. The van der Waals surface area contributed by atoms with Gasteiger partial charge in [0.25, 0.3) is 0 Å². The van der Waals surface area contributed by atoms with Gasteiger partial charge < -0.3 is 24.0 Å². The molecule has 0 amide bonds. The van der Waals surface area contributed by atoms with E-state index in [1.54, 1.807) is 24.5 Å². The maximum atomic E-state index is 11.8. The molecule has 3 heterocycles. The molecule has 1 aliphatic rings. The second-order valence-corrected chi connectivity index (χ2v) is 8.68. The number of carboxylic acids is 1. The number of ether oxygens (including phenoxy) is 2. The molecular formula is C28H27N3O4. The Bertz CT molecular complexity index is 1300. The largest absolute Gasteiger partial charge is 0.487 e. The number of rotatable bonds is 9. The number of carboxylic acid groups (broad SMARTS) is 1. The summed E-state index contributed by atoms with van der Waals surface area (Å²) >= 11 is 0. The van der Waals surface area contributed by atoms with Gasteiger partial charge in [-0.25, -0.2) is 4.79 Å². The summed E-state index contributed by atoms with van der Waals surface area (Å²) < 4.78 is 14.0. The highest BCUT2D eigenvalue weighted by molar-refractivity contribution is 5.91. The van der Waals surface area contributed by atoms with E-state index < -0.39 is 5.97 Å². The summed E-state index contributed by atoms with van der Waals surface area (Å²) in [7, 11) is 0. The van der Waals surface area contributed by atoms with Gasteiger partial charge >= 0.3 is 5.97 Å². The van der Waals surface area contributed by atoms with E-state index in [4.69, 9.17) is 9.47 Å². The van der Waals surface area contributed by atoms with Gasteiger partial charge in [0.15, 0.2) is 0 Å². The molecule has 0 spiro atoms. The first kappa shape index (κ1) is 22.5. The molecule has 1 N–H and O–H groups in total. The van der Waals surface area contributed by atoms with Crippen molar-refractivity contribution in [3.8, 4) is 11.5 Å². The third-order valence-electron chi connectivity index (χ3n) is 6.19. The lowest BCUT2D eigenvalue weighted by Crippen LogP contribution is -2.54. The topological polar surface area (TPSA) is 76.8 Å². The molecule has 2 aromatic heterocycles. The monoisotopic (exact) mass is 469 g/mol. The lowest BCUT2D eigenvalue weighted by molar-refractivity contribution is 0.0695. The Kier molecular flexibility index (Phi) is 6.39. The van der Waals surface area contributed by atoms with Gasteiger partial charge in [-0.2, -0.15) is 0 Å². The number of carbonyl (C=O) groups is 1. The van der Waals surface area contributed by atoms with Crippen LogP contribution in [0.3, 0.4) is 0 Å². The van der Waals surface area contributed by atoms with Gasteiger partial charge in [0.1, 0.15) is 24.2 Å². The number of aromatic nitrogens is 2. The predicted octanol–water partition coefficient (Wildman–Crippen LogP) is 4.78. The van der Waals surface area contributed by atoms with E-state index in [1.165, 1.54) is 0 Å². The average molecular weight is 470 g/mol. The Balaban J connectivity index is 1.19. The van der Waals surface area contributed by atoms with Gasteiger partial charge in [-0.15, -0.1) is 0 Å². The van der Waals surface area contributed by atoms with Gasteiger partial charge in [-0.1, -0.05) is 18.2 Å². The van der Waals surface area contributed by atoms with Crippen LogP contribution in [0.2, 0.25) is 0 Å². The van der Waals surface area contributed by atoms with Gasteiger partial charge in [0, 0.05) is 36.4 Å². The summed E-state index contributed by atoms with van der Waals surface area (Å²) in [4.78, 5) is 18.1. The Morgan fingerprint density at radius 1 is 1.06 bits per heavy atom. The van der Waals surface area contributed by atoms with Crippen LogP contribution in [-0.4, -0.2) is 39.8 Å². The molecule has 1 aliphatic heterocycles. The van der Waals surface area contributed by atoms with Crippen molar-refractivity contribution in [1.82, 2.24) is 9.55 Å². The van der Waals surface area contributed by atoms with Crippen LogP contribution in [0.5, 0.6) is 11.5 Å². The third-order valence-corrected chi connectivity index (χ3v) is 6.19. The standard InChI is InChI=1S/C28H27N3O4/c1-20-11-12-29-15-27(20)34-19-21-7-9-22(10-8-21)35-23-16-31(17-23)26-6-4-5-24(28(32)33)25(26)18-30-13-2-3-14-30/h2-15,23H,16-19H2,1H3,(H,32,33). The quantitative estimate of drug-likeness (QED) is 0.380. The van der Waals surface area contributed by atoms with Crippen LogP contribution >= 0.6 is 0 Å². The highest BCUT2D eigenvalue weighted by Crippen LogP contribution is 2.30. The normalized spacial score (nSPS) is 13.3. The zero-order valence-corrected chi connectivity index (χ0v) is 19.5. The second-order valence-electron chi connectivity index (χ2n) is 8.68. The minimum atomic E-state index is -0.912. The van der Waals surface area contributed by atoms with Crippen LogP contribution in [0, 0.1) is 6.92 Å². The van der Waals surface area contributed by atoms with Crippen LogP contribution in [0.1, 0.15) is 27.0 Å². The molecule has 0 unspecified atom stereocenters. The molecule has 2 aromatic carbocycles. The predicted molar refractivity (Wildman–Crippen MR) is 133 cm³/mol. The molecule has 1 saturated heterocycles. The lowest BCUT2D eigenvalue weighted by atomic mass is 10.0. The maximum absolute atomic E-state index is 11.8. The summed E-state index contributed by atoms with van der Waals surface area (Å²) in [6.07, 6.45) is 7.41. The van der Waals surface area contributed by atoms with Crippen LogP contribution in [0.4, 0.5) is 5.69 Å². The molecular weight excluding hydrogens is 442 g/mol. The number of nitrogens with zero attached hydrogens (tertiary/aromatic N) is 3. The summed E-state index contributed by atoms with van der Waals surface area (Å²) in [5.41, 5.74) is 4.19. The Labute approximate surface area is 204 Å². The van der Waals surface area contributed by atoms with E-state index in [-0.39, 0.29) is 6.10 Å². The molecule has 0 saturated carbocycles. The van der Waals surface area contributed by atoms with Crippen molar-refractivity contribution in [1.29, 1.82) is 0 Å². The van der Waals surface area contributed by atoms with Crippen molar-refractivity contribution in [3.05, 3.63) is 108 Å². The molecule has 1 fully saturated rings. The third kappa shape index (κ3) is 5.14. The van der Waals surface area contributed by atoms with Gasteiger partial charge in [-0.05, 0) is 60.5 Å². The Morgan fingerprint density at radius 2 is 1.83 bits per heavy atom. The zero-order chi connectivity index (χ0) is 24.2. The maximum Gasteiger partial charge on any atom is 0.336 e. The van der Waals surface area contributed by atoms with E-state index in [9.17, 15) is 9.90 Å². The van der Waals surface area contributed by atoms with Gasteiger partial charge in [-0.3, -0.25) is 4.98 Å². The van der Waals surface area contributed by atoms with Crippen molar-refractivity contribution in [3.63, 3.8) is 0 Å². The molecule has 7 nitrogen and oxygen atoms in total. The smallest absolute Gasteiger partial charge is 0.336 e. The fourth-order valence-electron chi connectivity index (χ4n) is 4.22. The zero-order valence-electron chi connectivity index (χ0n) is 19.5. The van der Waals surface area contributed by atoms with Crippen molar-refractivity contribution < 1.29 is 19.4 Å². The van der Waals surface area contributed by atoms with Gasteiger partial charge in [0.2, 0.25) is 0 Å². The molecule has 0 aliphatic carbocycles. The van der Waals surface area contributed by atoms with E-state index in [2.05, 4.69) is 9.88 Å². The van der Waals surface area contributed by atoms with Crippen molar-refractivity contribution in [2.75, 3.05) is 18.0 Å². The van der Waals surface area contributed by atoms with Crippen molar-refractivity contribution >= 4 is 11.7 Å². The molecule has 178 valence electrons. The first-order chi connectivity index (χ1) is 17.1. The Hall–Kier alpha value is -4.26.